The minimum atomic E-state index is -1.36. The van der Waals surface area contributed by atoms with Crippen LogP contribution in [0.5, 0.6) is 5.75 Å². The number of nitrogens with one attached hydrogen (secondary N) is 2. The molecule has 0 spiro atoms. The van der Waals surface area contributed by atoms with Crippen LogP contribution in [0.1, 0.15) is 23.7 Å². The summed E-state index contributed by atoms with van der Waals surface area (Å²) in [5.41, 5.74) is 7.04. The van der Waals surface area contributed by atoms with E-state index < -0.39 is 30.0 Å². The Kier molecular flexibility index (Phi) is 5.51. The van der Waals surface area contributed by atoms with E-state index in [4.69, 9.17) is 10.5 Å². The van der Waals surface area contributed by atoms with Crippen LogP contribution in [0.15, 0.2) is 24.4 Å². The number of aromatic nitrogens is 1. The van der Waals surface area contributed by atoms with E-state index in [1.807, 2.05) is 0 Å². The minimum Gasteiger partial charge on any atom is -0.495 e. The molecule has 8 heteroatoms. The van der Waals surface area contributed by atoms with E-state index in [0.717, 1.165) is 0 Å². The number of hydrogen-bond acceptors (Lipinski definition) is 5. The molecule has 2 aromatic rings. The van der Waals surface area contributed by atoms with Crippen molar-refractivity contribution in [1.82, 2.24) is 4.98 Å². The van der Waals surface area contributed by atoms with Crippen molar-refractivity contribution >= 4 is 23.2 Å². The van der Waals surface area contributed by atoms with Gasteiger partial charge >= 0.3 is 0 Å². The number of fused-ring (bicyclic) bond motifs is 1. The molecule has 0 saturated heterocycles. The van der Waals surface area contributed by atoms with E-state index in [2.05, 4.69) is 22.1 Å². The number of methoxy groups -OCH3 is 1. The number of carbonyl (C=O) groups excluding carboxylic acids is 1. The summed E-state index contributed by atoms with van der Waals surface area (Å²) in [6, 6.07) is 3.31. The Morgan fingerprint density at radius 1 is 1.32 bits per heavy atom. The van der Waals surface area contributed by atoms with Gasteiger partial charge in [0.2, 0.25) is 0 Å². The van der Waals surface area contributed by atoms with Crippen LogP contribution in [0.25, 0.3) is 11.6 Å². The molecular formula is C20H20FN3O4. The number of aliphatic hydroxyl groups excluding tert-OH is 2. The quantitative estimate of drug-likeness (QED) is 0.398. The number of carbonyl (C=O) groups is 1. The molecule has 1 aliphatic heterocycles. The Bertz CT molecular complexity index is 1000. The summed E-state index contributed by atoms with van der Waals surface area (Å²) in [6.07, 6.45) is 0.840. The summed E-state index contributed by atoms with van der Waals surface area (Å²) in [7, 11) is 1.50. The van der Waals surface area contributed by atoms with E-state index in [9.17, 15) is 19.4 Å². The van der Waals surface area contributed by atoms with E-state index in [1.165, 1.54) is 26.2 Å². The van der Waals surface area contributed by atoms with Gasteiger partial charge in [-0.1, -0.05) is 11.8 Å². The zero-order chi connectivity index (χ0) is 20.4. The molecular weight excluding hydrogens is 365 g/mol. The molecule has 1 aliphatic rings. The van der Waals surface area contributed by atoms with Gasteiger partial charge in [0.05, 0.1) is 41.8 Å². The van der Waals surface area contributed by atoms with Gasteiger partial charge in [0, 0.05) is 11.8 Å². The molecule has 0 unspecified atom stereocenters. The molecule has 7 nitrogen and oxygen atoms in total. The fourth-order valence-corrected chi connectivity index (χ4v) is 2.83. The van der Waals surface area contributed by atoms with Crippen LogP contribution in [0.4, 0.5) is 10.1 Å². The van der Waals surface area contributed by atoms with E-state index in [1.54, 1.807) is 18.3 Å². The molecule has 0 bridgehead atoms. The van der Waals surface area contributed by atoms with Crippen LogP contribution in [-0.2, 0) is 4.79 Å². The van der Waals surface area contributed by atoms with Gasteiger partial charge < -0.3 is 31.0 Å². The van der Waals surface area contributed by atoms with Gasteiger partial charge in [-0.3, -0.25) is 4.79 Å². The van der Waals surface area contributed by atoms with Crippen LogP contribution in [0.2, 0.25) is 0 Å². The maximum Gasteiger partial charge on any atom is 0.256 e. The SMILES string of the molecule is COc1cc[nH]c1/C=C1\C(=O)Nc2ccc(F)c(C#C[C@H](O)[C@@H](N)[C@@H](C)O)c21. The van der Waals surface area contributed by atoms with Crippen molar-refractivity contribution in [1.29, 1.82) is 0 Å². The number of aromatic amines is 1. The predicted octanol–water partition coefficient (Wildman–Crippen LogP) is 1.08. The molecule has 1 aromatic carbocycles. The summed E-state index contributed by atoms with van der Waals surface area (Å²) in [5.74, 6) is 4.48. The molecule has 1 aromatic heterocycles. The number of H-pyrrole nitrogens is 1. The second kappa shape index (κ2) is 7.86. The third kappa shape index (κ3) is 3.64. The number of ether oxygens (including phenoxy) is 1. The number of halogens is 1. The topological polar surface area (TPSA) is 121 Å². The van der Waals surface area contributed by atoms with Crippen molar-refractivity contribution in [3.8, 4) is 17.6 Å². The van der Waals surface area contributed by atoms with Gasteiger partial charge in [0.25, 0.3) is 5.91 Å². The third-order valence-corrected chi connectivity index (χ3v) is 4.43. The number of amides is 1. The third-order valence-electron chi connectivity index (χ3n) is 4.43. The molecule has 146 valence electrons. The predicted molar refractivity (Wildman–Crippen MR) is 103 cm³/mol. The molecule has 0 fully saturated rings. The first-order valence-electron chi connectivity index (χ1n) is 8.54. The Balaban J connectivity index is 2.09. The summed E-state index contributed by atoms with van der Waals surface area (Å²) in [4.78, 5) is 15.4. The highest BCUT2D eigenvalue weighted by Crippen LogP contribution is 2.37. The zero-order valence-electron chi connectivity index (χ0n) is 15.3. The normalized spacial score (nSPS) is 17.4. The highest BCUT2D eigenvalue weighted by molar-refractivity contribution is 6.35. The summed E-state index contributed by atoms with van der Waals surface area (Å²) in [6.45, 7) is 1.42. The summed E-state index contributed by atoms with van der Waals surface area (Å²) < 4.78 is 19.7. The van der Waals surface area contributed by atoms with Crippen molar-refractivity contribution in [3.05, 3.63) is 47.0 Å². The lowest BCUT2D eigenvalue weighted by Gasteiger charge is -2.16. The molecule has 0 aliphatic carbocycles. The maximum atomic E-state index is 14.5. The van der Waals surface area contributed by atoms with Crippen molar-refractivity contribution in [2.45, 2.75) is 25.2 Å². The molecule has 3 atom stereocenters. The van der Waals surface area contributed by atoms with Gasteiger partial charge in [-0.2, -0.15) is 0 Å². The van der Waals surface area contributed by atoms with Crippen molar-refractivity contribution in [3.63, 3.8) is 0 Å². The molecule has 0 saturated carbocycles. The Morgan fingerprint density at radius 2 is 2.07 bits per heavy atom. The van der Waals surface area contributed by atoms with Gasteiger partial charge in [-0.15, -0.1) is 0 Å². The van der Waals surface area contributed by atoms with E-state index in [0.29, 0.717) is 17.1 Å². The highest BCUT2D eigenvalue weighted by Gasteiger charge is 2.29. The van der Waals surface area contributed by atoms with Gasteiger partial charge in [0.15, 0.2) is 0 Å². The second-order valence-corrected chi connectivity index (χ2v) is 6.35. The first-order valence-corrected chi connectivity index (χ1v) is 8.54. The number of anilines is 1. The van der Waals surface area contributed by atoms with E-state index in [-0.39, 0.29) is 16.7 Å². The molecule has 6 N–H and O–H groups in total. The largest absolute Gasteiger partial charge is 0.495 e. The fourth-order valence-electron chi connectivity index (χ4n) is 2.83. The second-order valence-electron chi connectivity index (χ2n) is 6.35. The van der Waals surface area contributed by atoms with Crippen molar-refractivity contribution in [2.75, 3.05) is 12.4 Å². The molecule has 3 rings (SSSR count). The van der Waals surface area contributed by atoms with Crippen LogP contribution in [0, 0.1) is 17.7 Å². The summed E-state index contributed by atoms with van der Waals surface area (Å²) >= 11 is 0. The number of rotatable bonds is 4. The Hall–Kier alpha value is -3.12. The average molecular weight is 385 g/mol. The Morgan fingerprint density at radius 3 is 2.75 bits per heavy atom. The standard InChI is InChI=1S/C20H20FN3O4/c1-10(25)19(22)16(26)6-3-11-13(21)4-5-14-18(11)12(20(27)24-14)9-15-17(28-2)7-8-23-15/h4-5,7-10,16,19,23,25-26H,22H2,1-2H3,(H,24,27)/b12-9-/t10-,16+,19+/m1/s1. The number of aliphatic hydroxyl groups is 2. The van der Waals surface area contributed by atoms with Crippen LogP contribution < -0.4 is 15.8 Å². The van der Waals surface area contributed by atoms with Gasteiger partial charge in [-0.25, -0.2) is 4.39 Å². The smallest absolute Gasteiger partial charge is 0.256 e. The summed E-state index contributed by atoms with van der Waals surface area (Å²) in [5, 5.41) is 22.1. The van der Waals surface area contributed by atoms with Crippen molar-refractivity contribution in [2.24, 2.45) is 5.73 Å². The lowest BCUT2D eigenvalue weighted by Crippen LogP contribution is -2.42. The molecule has 0 radical (unpaired) electrons. The minimum absolute atomic E-state index is 0.0514. The maximum absolute atomic E-state index is 14.5. The van der Waals surface area contributed by atoms with Crippen LogP contribution >= 0.6 is 0 Å². The average Bonchev–Trinajstić information content (AvgIpc) is 3.24. The molecule has 2 heterocycles. The number of benzene rings is 1. The van der Waals surface area contributed by atoms with Gasteiger partial charge in [-0.05, 0) is 31.2 Å². The van der Waals surface area contributed by atoms with Crippen LogP contribution in [0.3, 0.4) is 0 Å². The zero-order valence-corrected chi connectivity index (χ0v) is 15.3. The molecule has 1 amide bonds. The Labute approximate surface area is 161 Å². The number of nitrogens with two attached hydrogens (primary N) is 1. The fraction of sp³-hybridized carbons (Fsp3) is 0.250. The van der Waals surface area contributed by atoms with E-state index >= 15 is 0 Å². The van der Waals surface area contributed by atoms with Gasteiger partial charge in [0.1, 0.15) is 17.7 Å². The molecule has 28 heavy (non-hydrogen) atoms. The lowest BCUT2D eigenvalue weighted by molar-refractivity contribution is -0.110. The first-order chi connectivity index (χ1) is 13.3. The lowest BCUT2D eigenvalue weighted by atomic mass is 9.98. The first kappa shape index (κ1) is 19.6. The van der Waals surface area contributed by atoms with Crippen LogP contribution in [-0.4, -0.2) is 46.5 Å². The van der Waals surface area contributed by atoms with Crippen molar-refractivity contribution < 1.29 is 24.1 Å². The highest BCUT2D eigenvalue weighted by atomic mass is 19.1. The number of hydrogen-bond donors (Lipinski definition) is 5. The monoisotopic (exact) mass is 385 g/mol.